The van der Waals surface area contributed by atoms with Gasteiger partial charge >= 0.3 is 0 Å². The van der Waals surface area contributed by atoms with Crippen molar-refractivity contribution in [2.24, 2.45) is 0 Å². The predicted octanol–water partition coefficient (Wildman–Crippen LogP) is 3.25. The lowest BCUT2D eigenvalue weighted by Gasteiger charge is -2.32. The molecule has 128 valence electrons. The van der Waals surface area contributed by atoms with Crippen LogP contribution in [0.1, 0.15) is 17.2 Å². The van der Waals surface area contributed by atoms with Gasteiger partial charge in [0.15, 0.2) is 17.6 Å². The third-order valence-corrected chi connectivity index (χ3v) is 4.04. The molecule has 24 heavy (non-hydrogen) atoms. The lowest BCUT2D eigenvalue weighted by molar-refractivity contribution is -0.0439. The fourth-order valence-electron chi connectivity index (χ4n) is 2.83. The summed E-state index contributed by atoms with van der Waals surface area (Å²) in [6.07, 6.45) is -0.628. The Bertz CT molecular complexity index is 686. The lowest BCUT2D eigenvalue weighted by atomic mass is 10.0. The fraction of sp³-hybridized carbons (Fsp3) is 0.368. The first kappa shape index (κ1) is 16.7. The number of nitrogens with one attached hydrogen (secondary N) is 1. The summed E-state index contributed by atoms with van der Waals surface area (Å²) in [5.74, 6) is 0.979. The molecule has 0 aromatic heterocycles. The zero-order valence-electron chi connectivity index (χ0n) is 13.9. The molecular weight excluding hydrogens is 309 g/mol. The highest BCUT2D eigenvalue weighted by Crippen LogP contribution is 2.34. The van der Waals surface area contributed by atoms with Crippen molar-refractivity contribution >= 4 is 0 Å². The van der Waals surface area contributed by atoms with Crippen molar-refractivity contribution in [3.05, 3.63) is 59.4 Å². The summed E-state index contributed by atoms with van der Waals surface area (Å²) in [5, 5.41) is 3.29. The van der Waals surface area contributed by atoms with E-state index in [0.29, 0.717) is 24.7 Å². The molecule has 0 spiro atoms. The fourth-order valence-corrected chi connectivity index (χ4v) is 2.83. The maximum atomic E-state index is 13.7. The first-order valence-electron chi connectivity index (χ1n) is 8.06. The van der Waals surface area contributed by atoms with Gasteiger partial charge in [-0.15, -0.1) is 0 Å². The Morgan fingerprint density at radius 2 is 2.08 bits per heavy atom. The Morgan fingerprint density at radius 1 is 1.21 bits per heavy atom. The van der Waals surface area contributed by atoms with Crippen molar-refractivity contribution in [2.45, 2.75) is 19.1 Å². The van der Waals surface area contributed by atoms with E-state index in [9.17, 15) is 4.39 Å². The van der Waals surface area contributed by atoms with Crippen LogP contribution >= 0.6 is 0 Å². The molecule has 3 rings (SSSR count). The van der Waals surface area contributed by atoms with Crippen LogP contribution < -0.4 is 14.8 Å². The van der Waals surface area contributed by atoms with Crippen LogP contribution in [0.2, 0.25) is 0 Å². The molecule has 0 bridgehead atoms. The molecule has 5 heteroatoms. The lowest BCUT2D eigenvalue weighted by Crippen LogP contribution is -2.43. The van der Waals surface area contributed by atoms with Gasteiger partial charge in [-0.05, 0) is 42.3 Å². The minimum atomic E-state index is -0.426. The molecule has 1 saturated heterocycles. The highest BCUT2D eigenvalue weighted by Gasteiger charge is 2.29. The summed E-state index contributed by atoms with van der Waals surface area (Å²) >= 11 is 0. The average Bonchev–Trinajstić information content (AvgIpc) is 2.61. The molecule has 2 unspecified atom stereocenters. The number of hydrogen-bond acceptors (Lipinski definition) is 4. The molecule has 2 aromatic carbocycles. The van der Waals surface area contributed by atoms with Gasteiger partial charge in [0, 0.05) is 13.1 Å². The molecule has 1 aliphatic rings. The number of morpholine rings is 1. The Balaban J connectivity index is 1.92. The zero-order chi connectivity index (χ0) is 16.9. The van der Waals surface area contributed by atoms with Crippen molar-refractivity contribution in [3.8, 4) is 11.5 Å². The van der Waals surface area contributed by atoms with Crippen LogP contribution in [-0.2, 0) is 4.74 Å². The summed E-state index contributed by atoms with van der Waals surface area (Å²) in [5.41, 5.74) is 1.82. The van der Waals surface area contributed by atoms with Gasteiger partial charge in [-0.25, -0.2) is 4.39 Å². The molecule has 4 nitrogen and oxygen atoms in total. The van der Waals surface area contributed by atoms with E-state index in [0.717, 1.165) is 17.7 Å². The quantitative estimate of drug-likeness (QED) is 0.913. The topological polar surface area (TPSA) is 39.7 Å². The second-order valence-corrected chi connectivity index (χ2v) is 5.86. The van der Waals surface area contributed by atoms with E-state index in [4.69, 9.17) is 14.2 Å². The Labute approximate surface area is 141 Å². The summed E-state index contributed by atoms with van der Waals surface area (Å²) in [6.45, 7) is 4.05. The molecule has 0 saturated carbocycles. The number of benzene rings is 2. The predicted molar refractivity (Wildman–Crippen MR) is 90.1 cm³/mol. The Morgan fingerprint density at radius 3 is 2.79 bits per heavy atom. The highest BCUT2D eigenvalue weighted by molar-refractivity contribution is 5.43. The normalized spacial score (nSPS) is 18.9. The number of hydrogen-bond donors (Lipinski definition) is 1. The number of aryl methyl sites for hydroxylation is 1. The van der Waals surface area contributed by atoms with Gasteiger partial charge in [-0.2, -0.15) is 0 Å². The van der Waals surface area contributed by atoms with E-state index in [2.05, 4.69) is 5.32 Å². The van der Waals surface area contributed by atoms with E-state index in [1.807, 2.05) is 31.2 Å². The summed E-state index contributed by atoms with van der Waals surface area (Å²) in [7, 11) is 1.61. The highest BCUT2D eigenvalue weighted by atomic mass is 19.1. The number of ether oxygens (including phenoxy) is 3. The number of methoxy groups -OCH3 is 1. The van der Waals surface area contributed by atoms with Crippen LogP contribution in [0.25, 0.3) is 0 Å². The largest absolute Gasteiger partial charge is 0.493 e. The smallest absolute Gasteiger partial charge is 0.162 e. The monoisotopic (exact) mass is 331 g/mol. The molecular formula is C19H22FNO3. The van der Waals surface area contributed by atoms with Gasteiger partial charge in [0.05, 0.1) is 13.7 Å². The maximum Gasteiger partial charge on any atom is 0.162 e. The Hall–Kier alpha value is -2.11. The standard InChI is InChI=1S/C19H22FNO3/c1-13-6-7-16(17(10-13)22-2)24-19(18-12-21-8-9-23-18)14-4-3-5-15(20)11-14/h3-7,10-11,18-19,21H,8-9,12H2,1-2H3. The second kappa shape index (κ2) is 7.64. The first-order valence-corrected chi connectivity index (χ1v) is 8.06. The SMILES string of the molecule is COc1cc(C)ccc1OC(c1cccc(F)c1)C1CNCCO1. The van der Waals surface area contributed by atoms with Crippen LogP contribution in [-0.4, -0.2) is 32.9 Å². The maximum absolute atomic E-state index is 13.7. The molecule has 1 fully saturated rings. The Kier molecular flexibility index (Phi) is 5.33. The number of halogens is 1. The van der Waals surface area contributed by atoms with E-state index < -0.39 is 6.10 Å². The van der Waals surface area contributed by atoms with Gasteiger partial charge in [-0.1, -0.05) is 18.2 Å². The van der Waals surface area contributed by atoms with Crippen molar-refractivity contribution in [1.29, 1.82) is 0 Å². The number of rotatable bonds is 5. The van der Waals surface area contributed by atoms with Crippen molar-refractivity contribution in [2.75, 3.05) is 26.8 Å². The van der Waals surface area contributed by atoms with Gasteiger partial charge < -0.3 is 19.5 Å². The summed E-state index contributed by atoms with van der Waals surface area (Å²) < 4.78 is 31.2. The first-order chi connectivity index (χ1) is 11.7. The summed E-state index contributed by atoms with van der Waals surface area (Å²) in [4.78, 5) is 0. The average molecular weight is 331 g/mol. The summed E-state index contributed by atoms with van der Waals surface area (Å²) in [6, 6.07) is 12.2. The zero-order valence-corrected chi connectivity index (χ0v) is 13.9. The molecule has 1 aliphatic heterocycles. The van der Waals surface area contributed by atoms with Gasteiger partial charge in [0.1, 0.15) is 11.9 Å². The van der Waals surface area contributed by atoms with Crippen molar-refractivity contribution < 1.29 is 18.6 Å². The van der Waals surface area contributed by atoms with Crippen molar-refractivity contribution in [1.82, 2.24) is 5.32 Å². The molecule has 2 aromatic rings. The van der Waals surface area contributed by atoms with Gasteiger partial charge in [0.25, 0.3) is 0 Å². The minimum absolute atomic E-state index is 0.202. The molecule has 1 N–H and O–H groups in total. The van der Waals surface area contributed by atoms with Crippen LogP contribution in [0.4, 0.5) is 4.39 Å². The van der Waals surface area contributed by atoms with Gasteiger partial charge in [0.2, 0.25) is 0 Å². The third kappa shape index (κ3) is 3.86. The molecule has 0 radical (unpaired) electrons. The minimum Gasteiger partial charge on any atom is -0.493 e. The van der Waals surface area contributed by atoms with E-state index in [1.54, 1.807) is 13.2 Å². The molecule has 0 aliphatic carbocycles. The molecule has 0 amide bonds. The molecule has 1 heterocycles. The second-order valence-electron chi connectivity index (χ2n) is 5.86. The van der Waals surface area contributed by atoms with Crippen LogP contribution in [0, 0.1) is 12.7 Å². The van der Waals surface area contributed by atoms with Gasteiger partial charge in [-0.3, -0.25) is 0 Å². The molecule has 2 atom stereocenters. The van der Waals surface area contributed by atoms with Crippen LogP contribution in [0.5, 0.6) is 11.5 Å². The van der Waals surface area contributed by atoms with Crippen LogP contribution in [0.15, 0.2) is 42.5 Å². The van der Waals surface area contributed by atoms with E-state index >= 15 is 0 Å². The van der Waals surface area contributed by atoms with E-state index in [1.165, 1.54) is 12.1 Å². The van der Waals surface area contributed by atoms with Crippen molar-refractivity contribution in [3.63, 3.8) is 0 Å². The third-order valence-electron chi connectivity index (χ3n) is 4.04. The van der Waals surface area contributed by atoms with E-state index in [-0.39, 0.29) is 11.9 Å². The van der Waals surface area contributed by atoms with Crippen LogP contribution in [0.3, 0.4) is 0 Å².